The predicted molar refractivity (Wildman–Crippen MR) is 135 cm³/mol. The Kier molecular flexibility index (Phi) is 7.20. The molecule has 1 aliphatic heterocycles. The maximum Gasteiger partial charge on any atom is 0.264 e. The number of sulfonamides is 1. The van der Waals surface area contributed by atoms with Crippen LogP contribution in [0.25, 0.3) is 0 Å². The molecule has 5 nitrogen and oxygen atoms in total. The summed E-state index contributed by atoms with van der Waals surface area (Å²) in [5, 5.41) is 3.02. The fraction of sp³-hybridized carbons (Fsp3) is 0.269. The first-order valence-electron chi connectivity index (χ1n) is 11.1. The van der Waals surface area contributed by atoms with E-state index >= 15 is 0 Å². The number of hydrogen-bond donors (Lipinski definition) is 1. The van der Waals surface area contributed by atoms with Crippen LogP contribution in [0, 0.1) is 0 Å². The molecule has 0 bridgehead atoms. The van der Waals surface area contributed by atoms with Crippen molar-refractivity contribution in [3.8, 4) is 0 Å². The Morgan fingerprint density at radius 1 is 1.06 bits per heavy atom. The number of rotatable bonds is 7. The number of carbonyl (C=O) groups excluding carboxylic acids is 1. The van der Waals surface area contributed by atoms with Gasteiger partial charge in [0.2, 0.25) is 5.91 Å². The first-order valence-corrected chi connectivity index (χ1v) is 13.3. The molecule has 0 saturated heterocycles. The van der Waals surface area contributed by atoms with Crippen LogP contribution in [0.4, 0.5) is 5.69 Å². The van der Waals surface area contributed by atoms with Gasteiger partial charge < -0.3 is 5.32 Å². The van der Waals surface area contributed by atoms with Crippen LogP contribution in [-0.4, -0.2) is 20.9 Å². The third-order valence-electron chi connectivity index (χ3n) is 5.95. The lowest BCUT2D eigenvalue weighted by molar-refractivity contribution is -0.121. The van der Waals surface area contributed by atoms with Crippen LogP contribution in [0.3, 0.4) is 0 Å². The summed E-state index contributed by atoms with van der Waals surface area (Å²) in [6, 6.07) is 22.3. The van der Waals surface area contributed by atoms with Gasteiger partial charge in [0.15, 0.2) is 0 Å². The van der Waals surface area contributed by atoms with E-state index in [1.54, 1.807) is 24.3 Å². The van der Waals surface area contributed by atoms with Crippen molar-refractivity contribution in [3.63, 3.8) is 0 Å². The van der Waals surface area contributed by atoms with E-state index in [0.29, 0.717) is 19.4 Å². The molecule has 0 spiro atoms. The topological polar surface area (TPSA) is 66.5 Å². The Bertz CT molecular complexity index is 1240. The fourth-order valence-corrected chi connectivity index (χ4v) is 6.09. The summed E-state index contributed by atoms with van der Waals surface area (Å²) in [6.45, 7) is 2.44. The second-order valence-electron chi connectivity index (χ2n) is 8.30. The number of fused-ring (bicyclic) bond motifs is 1. The Morgan fingerprint density at radius 2 is 1.82 bits per heavy atom. The van der Waals surface area contributed by atoms with Gasteiger partial charge in [-0.15, -0.1) is 0 Å². The quantitative estimate of drug-likeness (QED) is 0.448. The van der Waals surface area contributed by atoms with Crippen molar-refractivity contribution in [3.05, 3.63) is 94.0 Å². The zero-order chi connectivity index (χ0) is 23.4. The normalized spacial score (nSPS) is 14.4. The Hall–Kier alpha value is -2.64. The highest BCUT2D eigenvalue weighted by atomic mass is 79.9. The fourth-order valence-electron chi connectivity index (χ4n) is 4.13. The van der Waals surface area contributed by atoms with Crippen molar-refractivity contribution >= 4 is 37.5 Å². The molecule has 0 aliphatic carbocycles. The third-order valence-corrected chi connectivity index (χ3v) is 8.27. The first-order chi connectivity index (χ1) is 15.8. The number of benzene rings is 3. The monoisotopic (exact) mass is 526 g/mol. The number of halogens is 1. The van der Waals surface area contributed by atoms with E-state index in [-0.39, 0.29) is 16.8 Å². The van der Waals surface area contributed by atoms with Gasteiger partial charge in [0.05, 0.1) is 16.6 Å². The number of nitrogens with one attached hydrogen (secondary N) is 1. The minimum absolute atomic E-state index is 0.0379. The number of amides is 1. The van der Waals surface area contributed by atoms with Gasteiger partial charge in [0.25, 0.3) is 10.0 Å². The molecule has 1 amide bonds. The van der Waals surface area contributed by atoms with Crippen LogP contribution in [0.5, 0.6) is 0 Å². The maximum atomic E-state index is 13.3. The predicted octanol–water partition coefficient (Wildman–Crippen LogP) is 5.40. The van der Waals surface area contributed by atoms with Gasteiger partial charge in [-0.2, -0.15) is 0 Å². The van der Waals surface area contributed by atoms with E-state index in [0.717, 1.165) is 39.7 Å². The molecular weight excluding hydrogens is 500 g/mol. The van der Waals surface area contributed by atoms with Crippen LogP contribution in [0.15, 0.2) is 82.2 Å². The first kappa shape index (κ1) is 23.5. The van der Waals surface area contributed by atoms with Gasteiger partial charge in [0, 0.05) is 17.4 Å². The van der Waals surface area contributed by atoms with E-state index < -0.39 is 10.0 Å². The lowest BCUT2D eigenvalue weighted by atomic mass is 10.0. The average Bonchev–Trinajstić information content (AvgIpc) is 2.82. The molecule has 1 aliphatic rings. The molecule has 0 saturated carbocycles. The number of anilines is 1. The summed E-state index contributed by atoms with van der Waals surface area (Å²) in [4.78, 5) is 12.7. The molecule has 3 aromatic rings. The molecule has 1 heterocycles. The van der Waals surface area contributed by atoms with E-state index in [1.807, 2.05) is 55.5 Å². The van der Waals surface area contributed by atoms with E-state index in [2.05, 4.69) is 21.2 Å². The molecule has 33 heavy (non-hydrogen) atoms. The second kappa shape index (κ2) is 10.1. The van der Waals surface area contributed by atoms with Crippen molar-refractivity contribution in [2.24, 2.45) is 0 Å². The molecule has 7 heteroatoms. The van der Waals surface area contributed by atoms with Crippen molar-refractivity contribution < 1.29 is 13.2 Å². The number of nitrogens with zero attached hydrogens (tertiary/aromatic N) is 1. The van der Waals surface area contributed by atoms with Crippen molar-refractivity contribution in [2.45, 2.75) is 43.5 Å². The molecule has 172 valence electrons. The summed E-state index contributed by atoms with van der Waals surface area (Å²) < 4.78 is 29.0. The SMILES string of the molecule is C[C@H](NC(=O)CCc1ccc(S(=O)(=O)N2CCCc3ccccc32)cc1)c1cccc(Br)c1. The standard InChI is InChI=1S/C26H27BrN2O3S/c1-19(22-7-4-9-23(27)18-22)28-26(30)16-13-20-11-14-24(15-12-20)33(31,32)29-17-5-8-21-6-2-3-10-25(21)29/h2-4,6-7,9-12,14-15,18-19H,5,8,13,16-17H2,1H3,(H,28,30)/t19-/m0/s1. The lowest BCUT2D eigenvalue weighted by Crippen LogP contribution is -2.35. The summed E-state index contributed by atoms with van der Waals surface area (Å²) >= 11 is 3.45. The number of para-hydroxylation sites is 1. The van der Waals surface area contributed by atoms with Gasteiger partial charge in [0.1, 0.15) is 0 Å². The van der Waals surface area contributed by atoms with Gasteiger partial charge in [-0.3, -0.25) is 9.10 Å². The van der Waals surface area contributed by atoms with Gasteiger partial charge in [-0.05, 0) is 73.2 Å². The van der Waals surface area contributed by atoms with Crippen LogP contribution in [0.1, 0.15) is 42.5 Å². The average molecular weight is 527 g/mol. The molecular formula is C26H27BrN2O3S. The van der Waals surface area contributed by atoms with Crippen molar-refractivity contribution in [2.75, 3.05) is 10.8 Å². The zero-order valence-electron chi connectivity index (χ0n) is 18.5. The molecule has 4 rings (SSSR count). The highest BCUT2D eigenvalue weighted by Gasteiger charge is 2.28. The molecule has 1 N–H and O–H groups in total. The smallest absolute Gasteiger partial charge is 0.264 e. The van der Waals surface area contributed by atoms with E-state index in [9.17, 15) is 13.2 Å². The van der Waals surface area contributed by atoms with Gasteiger partial charge in [-0.25, -0.2) is 8.42 Å². The molecule has 0 fully saturated rings. The second-order valence-corrected chi connectivity index (χ2v) is 11.1. The number of aryl methyl sites for hydroxylation is 2. The summed E-state index contributed by atoms with van der Waals surface area (Å²) in [7, 11) is -3.62. The minimum Gasteiger partial charge on any atom is -0.350 e. The Balaban J connectivity index is 1.38. The molecule has 3 aromatic carbocycles. The Labute approximate surface area is 204 Å². The number of carbonyl (C=O) groups is 1. The van der Waals surface area contributed by atoms with Crippen LogP contribution in [-0.2, 0) is 27.7 Å². The zero-order valence-corrected chi connectivity index (χ0v) is 20.9. The minimum atomic E-state index is -3.62. The molecule has 1 atom stereocenters. The Morgan fingerprint density at radius 3 is 2.58 bits per heavy atom. The van der Waals surface area contributed by atoms with E-state index in [1.165, 1.54) is 4.31 Å². The third kappa shape index (κ3) is 5.47. The van der Waals surface area contributed by atoms with Crippen LogP contribution < -0.4 is 9.62 Å². The maximum absolute atomic E-state index is 13.3. The summed E-state index contributed by atoms with van der Waals surface area (Å²) in [6.07, 6.45) is 2.58. The van der Waals surface area contributed by atoms with Crippen molar-refractivity contribution in [1.29, 1.82) is 0 Å². The van der Waals surface area contributed by atoms with Gasteiger partial charge >= 0.3 is 0 Å². The molecule has 0 radical (unpaired) electrons. The highest BCUT2D eigenvalue weighted by molar-refractivity contribution is 9.10. The van der Waals surface area contributed by atoms with Crippen molar-refractivity contribution in [1.82, 2.24) is 5.32 Å². The van der Waals surface area contributed by atoms with Gasteiger partial charge in [-0.1, -0.05) is 58.4 Å². The number of hydrogen-bond acceptors (Lipinski definition) is 3. The largest absolute Gasteiger partial charge is 0.350 e. The highest BCUT2D eigenvalue weighted by Crippen LogP contribution is 2.31. The van der Waals surface area contributed by atoms with Crippen LogP contribution >= 0.6 is 15.9 Å². The molecule has 0 aromatic heterocycles. The van der Waals surface area contributed by atoms with E-state index in [4.69, 9.17) is 0 Å². The van der Waals surface area contributed by atoms with Crippen LogP contribution in [0.2, 0.25) is 0 Å². The summed E-state index contributed by atoms with van der Waals surface area (Å²) in [5.41, 5.74) is 3.79. The summed E-state index contributed by atoms with van der Waals surface area (Å²) in [5.74, 6) is -0.0379. The molecule has 0 unspecified atom stereocenters. The lowest BCUT2D eigenvalue weighted by Gasteiger charge is -2.30.